The molecule has 8 heteroatoms. The van der Waals surface area contributed by atoms with E-state index < -0.39 is 0 Å². The Morgan fingerprint density at radius 1 is 0.875 bits per heavy atom. The van der Waals surface area contributed by atoms with Crippen LogP contribution >= 0.6 is 0 Å². The van der Waals surface area contributed by atoms with Crippen molar-refractivity contribution in [1.29, 1.82) is 0 Å². The van der Waals surface area contributed by atoms with Gasteiger partial charge in [0.25, 0.3) is 0 Å². The first-order valence-corrected chi connectivity index (χ1v) is 10.8. The minimum atomic E-state index is 0.526. The van der Waals surface area contributed by atoms with E-state index in [9.17, 15) is 0 Å². The van der Waals surface area contributed by atoms with Crippen molar-refractivity contribution in [3.8, 4) is 17.2 Å². The first kappa shape index (κ1) is 23.7. The van der Waals surface area contributed by atoms with Crippen LogP contribution in [0.5, 0.6) is 17.2 Å². The number of nitrogens with zero attached hydrogens (tertiary/aromatic N) is 2. The number of aliphatic imine (C=N–C) groups is 1. The van der Waals surface area contributed by atoms with E-state index in [1.165, 1.54) is 11.1 Å². The van der Waals surface area contributed by atoms with Crippen LogP contribution < -0.4 is 24.8 Å². The molecule has 8 nitrogen and oxygen atoms in total. The summed E-state index contributed by atoms with van der Waals surface area (Å²) in [5, 5.41) is 6.78. The van der Waals surface area contributed by atoms with Crippen LogP contribution in [0.25, 0.3) is 0 Å². The highest BCUT2D eigenvalue weighted by atomic mass is 16.5. The van der Waals surface area contributed by atoms with Gasteiger partial charge in [-0.15, -0.1) is 0 Å². The van der Waals surface area contributed by atoms with Gasteiger partial charge in [-0.3, -0.25) is 9.89 Å². The summed E-state index contributed by atoms with van der Waals surface area (Å²) in [5.41, 5.74) is 3.52. The molecule has 32 heavy (non-hydrogen) atoms. The van der Waals surface area contributed by atoms with Crippen molar-refractivity contribution in [2.75, 3.05) is 54.7 Å². The molecule has 0 aromatic heterocycles. The molecule has 0 aliphatic carbocycles. The van der Waals surface area contributed by atoms with Crippen LogP contribution in [0.1, 0.15) is 16.7 Å². The summed E-state index contributed by atoms with van der Waals surface area (Å²) in [6.45, 7) is 5.68. The smallest absolute Gasteiger partial charge is 0.203 e. The maximum Gasteiger partial charge on any atom is 0.203 e. The minimum Gasteiger partial charge on any atom is -0.493 e. The van der Waals surface area contributed by atoms with Gasteiger partial charge in [0, 0.05) is 45.3 Å². The van der Waals surface area contributed by atoms with Crippen LogP contribution in [-0.2, 0) is 24.4 Å². The SMILES string of the molecule is CN=C(NCc1ccccc1CN1CCOCC1)NCc1ccc(OC)c(OC)c1OC. The lowest BCUT2D eigenvalue weighted by atomic mass is 10.1. The zero-order valence-corrected chi connectivity index (χ0v) is 19.4. The molecule has 2 N–H and O–H groups in total. The van der Waals surface area contributed by atoms with Gasteiger partial charge in [0.15, 0.2) is 17.5 Å². The van der Waals surface area contributed by atoms with E-state index in [2.05, 4.69) is 44.8 Å². The third-order valence-electron chi connectivity index (χ3n) is 5.52. The lowest BCUT2D eigenvalue weighted by Gasteiger charge is -2.27. The second kappa shape index (κ2) is 12.2. The minimum absolute atomic E-state index is 0.526. The van der Waals surface area contributed by atoms with Crippen molar-refractivity contribution >= 4 is 5.96 Å². The number of hydrogen-bond acceptors (Lipinski definition) is 6. The van der Waals surface area contributed by atoms with Crippen molar-refractivity contribution < 1.29 is 18.9 Å². The number of morpholine rings is 1. The van der Waals surface area contributed by atoms with Gasteiger partial charge >= 0.3 is 0 Å². The van der Waals surface area contributed by atoms with E-state index >= 15 is 0 Å². The van der Waals surface area contributed by atoms with Crippen LogP contribution in [0.3, 0.4) is 0 Å². The molecule has 3 rings (SSSR count). The van der Waals surface area contributed by atoms with Gasteiger partial charge in [-0.1, -0.05) is 24.3 Å². The molecule has 1 heterocycles. The highest BCUT2D eigenvalue weighted by molar-refractivity contribution is 5.79. The van der Waals surface area contributed by atoms with Crippen molar-refractivity contribution in [3.63, 3.8) is 0 Å². The first-order chi connectivity index (χ1) is 15.7. The second-order valence-corrected chi connectivity index (χ2v) is 7.43. The van der Waals surface area contributed by atoms with Crippen LogP contribution in [-0.4, -0.2) is 65.5 Å². The van der Waals surface area contributed by atoms with E-state index in [4.69, 9.17) is 18.9 Å². The molecule has 0 spiro atoms. The van der Waals surface area contributed by atoms with Crippen molar-refractivity contribution in [2.45, 2.75) is 19.6 Å². The molecule has 1 aliphatic heterocycles. The number of guanidine groups is 1. The Hall–Kier alpha value is -2.97. The summed E-state index contributed by atoms with van der Waals surface area (Å²) in [6.07, 6.45) is 0. The second-order valence-electron chi connectivity index (χ2n) is 7.43. The fourth-order valence-corrected chi connectivity index (χ4v) is 3.77. The predicted molar refractivity (Wildman–Crippen MR) is 126 cm³/mol. The van der Waals surface area contributed by atoms with Crippen molar-refractivity contribution in [2.24, 2.45) is 4.99 Å². The maximum absolute atomic E-state index is 5.57. The lowest BCUT2D eigenvalue weighted by molar-refractivity contribution is 0.0341. The Balaban J connectivity index is 1.62. The molecule has 0 amide bonds. The normalized spacial score (nSPS) is 14.7. The molecule has 174 valence electrons. The van der Waals surface area contributed by atoms with Crippen LogP contribution in [0, 0.1) is 0 Å². The number of nitrogens with one attached hydrogen (secondary N) is 2. The van der Waals surface area contributed by atoms with Crippen LogP contribution in [0.4, 0.5) is 0 Å². The van der Waals surface area contributed by atoms with Gasteiger partial charge in [0.05, 0.1) is 34.5 Å². The van der Waals surface area contributed by atoms with Crippen LogP contribution in [0.15, 0.2) is 41.4 Å². The van der Waals surface area contributed by atoms with Gasteiger partial charge < -0.3 is 29.6 Å². The number of rotatable bonds is 9. The maximum atomic E-state index is 5.57. The summed E-state index contributed by atoms with van der Waals surface area (Å²) in [4.78, 5) is 6.80. The molecule has 0 unspecified atom stereocenters. The standard InChI is InChI=1S/C24H34N4O4/c1-25-24(27-16-19-9-10-21(29-2)23(31-4)22(19)30-3)26-15-18-7-5-6-8-20(18)17-28-11-13-32-14-12-28/h5-10H,11-17H2,1-4H3,(H2,25,26,27). The largest absolute Gasteiger partial charge is 0.493 e. The van der Waals surface area contributed by atoms with Crippen molar-refractivity contribution in [3.05, 3.63) is 53.1 Å². The van der Waals surface area contributed by atoms with E-state index in [0.717, 1.165) is 38.4 Å². The average molecular weight is 443 g/mol. The summed E-state index contributed by atoms with van der Waals surface area (Å²) >= 11 is 0. The topological polar surface area (TPSA) is 76.6 Å². The summed E-state index contributed by atoms with van der Waals surface area (Å²) in [6, 6.07) is 12.3. The zero-order chi connectivity index (χ0) is 22.8. The number of ether oxygens (including phenoxy) is 4. The van der Waals surface area contributed by atoms with Gasteiger partial charge in [0.2, 0.25) is 5.75 Å². The molecule has 2 aromatic carbocycles. The quantitative estimate of drug-likeness (QED) is 0.456. The Bertz CT molecular complexity index is 898. The van der Waals surface area contributed by atoms with Gasteiger partial charge in [0.1, 0.15) is 0 Å². The molecule has 0 bridgehead atoms. The molecule has 1 saturated heterocycles. The van der Waals surface area contributed by atoms with E-state index in [1.807, 2.05) is 12.1 Å². The van der Waals surface area contributed by atoms with Gasteiger partial charge in [-0.05, 0) is 23.3 Å². The predicted octanol–water partition coefficient (Wildman–Crippen LogP) is 2.41. The molecule has 0 atom stereocenters. The summed E-state index contributed by atoms with van der Waals surface area (Å²) in [7, 11) is 6.60. The molecule has 1 aliphatic rings. The number of methoxy groups -OCH3 is 3. The molecule has 0 radical (unpaired) electrons. The average Bonchev–Trinajstić information content (AvgIpc) is 2.84. The lowest BCUT2D eigenvalue weighted by Crippen LogP contribution is -2.37. The number of hydrogen-bond donors (Lipinski definition) is 2. The van der Waals surface area contributed by atoms with Crippen LogP contribution in [0.2, 0.25) is 0 Å². The number of benzene rings is 2. The Morgan fingerprint density at radius 3 is 2.16 bits per heavy atom. The summed E-state index contributed by atoms with van der Waals surface area (Å²) < 4.78 is 21.9. The fraction of sp³-hybridized carbons (Fsp3) is 0.458. The Morgan fingerprint density at radius 2 is 1.53 bits per heavy atom. The van der Waals surface area contributed by atoms with Gasteiger partial charge in [-0.25, -0.2) is 0 Å². The van der Waals surface area contributed by atoms with E-state index in [-0.39, 0.29) is 0 Å². The van der Waals surface area contributed by atoms with Crippen molar-refractivity contribution in [1.82, 2.24) is 15.5 Å². The molecule has 0 saturated carbocycles. The molecular formula is C24H34N4O4. The Labute approximate surface area is 190 Å². The zero-order valence-electron chi connectivity index (χ0n) is 19.4. The van der Waals surface area contributed by atoms with E-state index in [1.54, 1.807) is 28.4 Å². The summed E-state index contributed by atoms with van der Waals surface area (Å²) in [5.74, 6) is 2.57. The first-order valence-electron chi connectivity index (χ1n) is 10.8. The third kappa shape index (κ3) is 6.05. The Kier molecular flexibility index (Phi) is 9.01. The fourth-order valence-electron chi connectivity index (χ4n) is 3.77. The highest BCUT2D eigenvalue weighted by Crippen LogP contribution is 2.39. The highest BCUT2D eigenvalue weighted by Gasteiger charge is 2.16. The van der Waals surface area contributed by atoms with Gasteiger partial charge in [-0.2, -0.15) is 0 Å². The monoisotopic (exact) mass is 442 g/mol. The third-order valence-corrected chi connectivity index (χ3v) is 5.52. The molecular weight excluding hydrogens is 408 g/mol. The molecule has 2 aromatic rings. The van der Waals surface area contributed by atoms with E-state index in [0.29, 0.717) is 36.3 Å². The molecule has 1 fully saturated rings.